The first-order chi connectivity index (χ1) is 8.31. The summed E-state index contributed by atoms with van der Waals surface area (Å²) in [5.74, 6) is 2.34. The Balaban J connectivity index is 1.83. The minimum atomic E-state index is 0.236. The first kappa shape index (κ1) is 10.2. The minimum absolute atomic E-state index is 0.236. The van der Waals surface area contributed by atoms with Gasteiger partial charge in [0.1, 0.15) is 5.75 Å². The molecule has 2 heterocycles. The maximum Gasteiger partial charge on any atom is 0.238 e. The van der Waals surface area contributed by atoms with Crippen molar-refractivity contribution in [3.63, 3.8) is 0 Å². The van der Waals surface area contributed by atoms with Crippen molar-refractivity contribution < 1.29 is 14.2 Å². The average Bonchev–Trinajstić information content (AvgIpc) is 2.79. The van der Waals surface area contributed by atoms with Gasteiger partial charge in [-0.15, -0.1) is 10.2 Å². The first-order valence-corrected chi connectivity index (χ1v) is 5.26. The van der Waals surface area contributed by atoms with E-state index in [9.17, 15) is 0 Å². The van der Waals surface area contributed by atoms with Crippen molar-refractivity contribution in [1.82, 2.24) is 10.2 Å². The number of hydrogen-bond acceptors (Lipinski definition) is 5. The normalized spacial score (nSPS) is 12.5. The van der Waals surface area contributed by atoms with Gasteiger partial charge in [0.2, 0.25) is 12.7 Å². The van der Waals surface area contributed by atoms with Gasteiger partial charge in [-0.1, -0.05) is 11.6 Å². The molecule has 0 atom stereocenters. The molecule has 3 rings (SSSR count). The molecule has 0 amide bonds. The number of hydrogen-bond donors (Lipinski definition) is 0. The Labute approximate surface area is 102 Å². The van der Waals surface area contributed by atoms with Gasteiger partial charge in [-0.3, -0.25) is 0 Å². The fourth-order valence-corrected chi connectivity index (χ4v) is 1.52. The van der Waals surface area contributed by atoms with Crippen molar-refractivity contribution in [2.45, 2.75) is 0 Å². The van der Waals surface area contributed by atoms with Gasteiger partial charge in [-0.2, -0.15) is 0 Å². The van der Waals surface area contributed by atoms with Crippen LogP contribution in [0.25, 0.3) is 0 Å². The van der Waals surface area contributed by atoms with Crippen LogP contribution in [0, 0.1) is 0 Å². The predicted octanol–water partition coefficient (Wildman–Crippen LogP) is 2.65. The second kappa shape index (κ2) is 4.10. The SMILES string of the molecule is Clc1ccc(Oc2ccc3c(c2)OCO3)nn1. The Morgan fingerprint density at radius 1 is 1.06 bits per heavy atom. The van der Waals surface area contributed by atoms with E-state index < -0.39 is 0 Å². The van der Waals surface area contributed by atoms with Crippen LogP contribution >= 0.6 is 11.6 Å². The lowest BCUT2D eigenvalue weighted by atomic mass is 10.3. The molecule has 17 heavy (non-hydrogen) atoms. The lowest BCUT2D eigenvalue weighted by Crippen LogP contribution is -1.93. The van der Waals surface area contributed by atoms with Crippen molar-refractivity contribution in [2.75, 3.05) is 6.79 Å². The molecule has 86 valence electrons. The van der Waals surface area contributed by atoms with E-state index in [1.807, 2.05) is 0 Å². The highest BCUT2D eigenvalue weighted by Crippen LogP contribution is 2.36. The molecule has 6 heteroatoms. The van der Waals surface area contributed by atoms with Crippen LogP contribution in [-0.4, -0.2) is 17.0 Å². The van der Waals surface area contributed by atoms with E-state index in [-0.39, 0.29) is 6.79 Å². The highest BCUT2D eigenvalue weighted by Gasteiger charge is 2.14. The molecule has 0 fully saturated rings. The summed E-state index contributed by atoms with van der Waals surface area (Å²) in [7, 11) is 0. The van der Waals surface area contributed by atoms with Gasteiger partial charge in [0.15, 0.2) is 16.7 Å². The summed E-state index contributed by atoms with van der Waals surface area (Å²) in [4.78, 5) is 0. The van der Waals surface area contributed by atoms with Crippen molar-refractivity contribution in [3.8, 4) is 23.1 Å². The van der Waals surface area contributed by atoms with Crippen LogP contribution in [0.5, 0.6) is 23.1 Å². The van der Waals surface area contributed by atoms with Crippen LogP contribution in [-0.2, 0) is 0 Å². The molecule has 1 aromatic carbocycles. The minimum Gasteiger partial charge on any atom is -0.454 e. The zero-order chi connectivity index (χ0) is 11.7. The van der Waals surface area contributed by atoms with Crippen molar-refractivity contribution in [3.05, 3.63) is 35.5 Å². The zero-order valence-electron chi connectivity index (χ0n) is 8.59. The molecule has 1 aliphatic heterocycles. The highest BCUT2D eigenvalue weighted by atomic mass is 35.5. The van der Waals surface area contributed by atoms with Crippen molar-refractivity contribution in [1.29, 1.82) is 0 Å². The van der Waals surface area contributed by atoms with E-state index in [2.05, 4.69) is 10.2 Å². The topological polar surface area (TPSA) is 53.5 Å². The standard InChI is InChI=1S/C11H7ClN2O3/c12-10-3-4-11(14-13-10)17-7-1-2-8-9(5-7)16-6-15-8/h1-5H,6H2. The summed E-state index contributed by atoms with van der Waals surface area (Å²) in [6.07, 6.45) is 0. The molecule has 0 spiro atoms. The number of halogens is 1. The first-order valence-electron chi connectivity index (χ1n) is 4.88. The van der Waals surface area contributed by atoms with Crippen LogP contribution in [0.2, 0.25) is 5.15 Å². The molecule has 5 nitrogen and oxygen atoms in total. The van der Waals surface area contributed by atoms with Crippen molar-refractivity contribution in [2.24, 2.45) is 0 Å². The molecule has 0 N–H and O–H groups in total. The number of benzene rings is 1. The van der Waals surface area contributed by atoms with E-state index >= 15 is 0 Å². The monoisotopic (exact) mass is 250 g/mol. The quantitative estimate of drug-likeness (QED) is 0.820. The fourth-order valence-electron chi connectivity index (χ4n) is 1.42. The van der Waals surface area contributed by atoms with Gasteiger partial charge in [0.25, 0.3) is 0 Å². The number of nitrogens with zero attached hydrogens (tertiary/aromatic N) is 2. The molecule has 0 bridgehead atoms. The number of aromatic nitrogens is 2. The van der Waals surface area contributed by atoms with E-state index in [0.717, 1.165) is 0 Å². The second-order valence-electron chi connectivity index (χ2n) is 3.31. The third-order valence-electron chi connectivity index (χ3n) is 2.17. The molecule has 0 saturated carbocycles. The third-order valence-corrected chi connectivity index (χ3v) is 2.38. The summed E-state index contributed by atoms with van der Waals surface area (Å²) in [6.45, 7) is 0.236. The largest absolute Gasteiger partial charge is 0.454 e. The van der Waals surface area contributed by atoms with Crippen molar-refractivity contribution >= 4 is 11.6 Å². The highest BCUT2D eigenvalue weighted by molar-refractivity contribution is 6.29. The van der Waals surface area contributed by atoms with E-state index in [1.54, 1.807) is 30.3 Å². The number of rotatable bonds is 2. The van der Waals surface area contributed by atoms with E-state index in [0.29, 0.717) is 28.3 Å². The molecular formula is C11H7ClN2O3. The van der Waals surface area contributed by atoms with Crippen LogP contribution in [0.3, 0.4) is 0 Å². The van der Waals surface area contributed by atoms with Gasteiger partial charge in [0, 0.05) is 12.1 Å². The van der Waals surface area contributed by atoms with Crippen LogP contribution < -0.4 is 14.2 Å². The molecule has 0 aliphatic carbocycles. The van der Waals surface area contributed by atoms with Gasteiger partial charge < -0.3 is 14.2 Å². The summed E-state index contributed by atoms with van der Waals surface area (Å²) in [6, 6.07) is 8.53. The Morgan fingerprint density at radius 3 is 2.76 bits per heavy atom. The van der Waals surface area contributed by atoms with E-state index in [1.165, 1.54) is 0 Å². The maximum atomic E-state index is 5.63. The molecule has 0 saturated heterocycles. The molecule has 1 aliphatic rings. The van der Waals surface area contributed by atoms with Crippen LogP contribution in [0.1, 0.15) is 0 Å². The van der Waals surface area contributed by atoms with Crippen LogP contribution in [0.15, 0.2) is 30.3 Å². The fraction of sp³-hybridized carbons (Fsp3) is 0.0909. The molecule has 0 unspecified atom stereocenters. The second-order valence-corrected chi connectivity index (χ2v) is 3.70. The number of ether oxygens (including phenoxy) is 3. The molecule has 1 aromatic heterocycles. The van der Waals surface area contributed by atoms with Gasteiger partial charge in [-0.25, -0.2) is 0 Å². The Hall–Kier alpha value is -2.01. The summed E-state index contributed by atoms with van der Waals surface area (Å²) in [5, 5.41) is 7.80. The number of fused-ring (bicyclic) bond motifs is 1. The Kier molecular flexibility index (Phi) is 2.45. The van der Waals surface area contributed by atoms with Gasteiger partial charge >= 0.3 is 0 Å². The molecular weight excluding hydrogens is 244 g/mol. The smallest absolute Gasteiger partial charge is 0.238 e. The maximum absolute atomic E-state index is 5.63. The average molecular weight is 251 g/mol. The van der Waals surface area contributed by atoms with Gasteiger partial charge in [0.05, 0.1) is 0 Å². The Bertz CT molecular complexity index is 545. The van der Waals surface area contributed by atoms with E-state index in [4.69, 9.17) is 25.8 Å². The lowest BCUT2D eigenvalue weighted by Gasteiger charge is -2.04. The zero-order valence-corrected chi connectivity index (χ0v) is 9.35. The van der Waals surface area contributed by atoms with Gasteiger partial charge in [-0.05, 0) is 18.2 Å². The summed E-state index contributed by atoms with van der Waals surface area (Å²) in [5.41, 5.74) is 0. The van der Waals surface area contributed by atoms with Crippen LogP contribution in [0.4, 0.5) is 0 Å². The summed E-state index contributed by atoms with van der Waals surface area (Å²) >= 11 is 5.63. The lowest BCUT2D eigenvalue weighted by molar-refractivity contribution is 0.174. The summed E-state index contributed by atoms with van der Waals surface area (Å²) < 4.78 is 15.9. The third kappa shape index (κ3) is 2.09. The molecule has 0 radical (unpaired) electrons. The molecule has 2 aromatic rings. The predicted molar refractivity (Wildman–Crippen MR) is 59.7 cm³/mol. The Morgan fingerprint density at radius 2 is 1.94 bits per heavy atom.